The number of nitrogens with zero attached hydrogens (tertiary/aromatic N) is 1. The van der Waals surface area contributed by atoms with Gasteiger partial charge >= 0.3 is 6.36 Å². The normalized spacial score (nSPS) is 13.7. The Morgan fingerprint density at radius 1 is 1.10 bits per heavy atom. The van der Waals surface area contributed by atoms with Gasteiger partial charge in [0.05, 0.1) is 11.4 Å². The number of carbonyl (C=O) groups is 1. The van der Waals surface area contributed by atoms with Gasteiger partial charge in [-0.05, 0) is 36.4 Å². The summed E-state index contributed by atoms with van der Waals surface area (Å²) >= 11 is 0. The smallest absolute Gasteiger partial charge is 0.486 e. The number of rotatable bonds is 7. The van der Waals surface area contributed by atoms with Crippen LogP contribution < -0.4 is 19.5 Å². The van der Waals surface area contributed by atoms with Crippen molar-refractivity contribution in [3.05, 3.63) is 42.5 Å². The number of carbonyl (C=O) groups excluding carboxylic acids is 1. The molecule has 0 aliphatic carbocycles. The number of nitrogens with one attached hydrogen (secondary N) is 1. The van der Waals surface area contributed by atoms with E-state index in [0.29, 0.717) is 30.4 Å². The van der Waals surface area contributed by atoms with Crippen LogP contribution in [0.15, 0.2) is 47.4 Å². The first-order chi connectivity index (χ1) is 14.6. The topological polar surface area (TPSA) is 94.2 Å². The first-order valence-corrected chi connectivity index (χ1v) is 10.6. The number of benzene rings is 2. The van der Waals surface area contributed by atoms with Crippen molar-refractivity contribution in [1.82, 2.24) is 4.31 Å². The Labute approximate surface area is 176 Å². The maximum atomic E-state index is 12.8. The van der Waals surface area contributed by atoms with Crippen LogP contribution in [0.5, 0.6) is 17.2 Å². The molecular weight excluding hydrogens is 441 g/mol. The highest BCUT2D eigenvalue weighted by atomic mass is 32.2. The number of amides is 1. The fourth-order valence-corrected chi connectivity index (χ4v) is 4.22. The molecule has 1 heterocycles. The van der Waals surface area contributed by atoms with Crippen LogP contribution in [0.25, 0.3) is 0 Å². The Balaban J connectivity index is 1.68. The highest BCUT2D eigenvalue weighted by Crippen LogP contribution is 2.32. The number of alkyl halides is 3. The molecule has 0 radical (unpaired) electrons. The van der Waals surface area contributed by atoms with Gasteiger partial charge in [-0.3, -0.25) is 4.79 Å². The minimum absolute atomic E-state index is 0.0301. The first kappa shape index (κ1) is 22.7. The fourth-order valence-electron chi connectivity index (χ4n) is 2.81. The maximum Gasteiger partial charge on any atom is 0.573 e. The third-order valence-electron chi connectivity index (χ3n) is 4.19. The Hall–Kier alpha value is -2.99. The molecule has 3 rings (SSSR count). The van der Waals surface area contributed by atoms with Crippen LogP contribution in [0, 0.1) is 0 Å². The third kappa shape index (κ3) is 5.79. The number of sulfonamides is 1. The molecule has 0 unspecified atom stereocenters. The lowest BCUT2D eigenvalue weighted by Gasteiger charge is -2.21. The molecule has 1 amide bonds. The molecule has 12 heteroatoms. The summed E-state index contributed by atoms with van der Waals surface area (Å²) in [6, 6.07) is 8.54. The number of ether oxygens (including phenoxy) is 3. The number of anilines is 1. The molecular formula is C19H19F3N2O6S. The van der Waals surface area contributed by atoms with E-state index in [0.717, 1.165) is 28.6 Å². The third-order valence-corrected chi connectivity index (χ3v) is 6.13. The van der Waals surface area contributed by atoms with E-state index in [9.17, 15) is 26.4 Å². The largest absolute Gasteiger partial charge is 0.573 e. The average Bonchev–Trinajstić information content (AvgIpc) is 2.71. The predicted octanol–water partition coefficient (Wildman–Crippen LogP) is 3.01. The van der Waals surface area contributed by atoms with Crippen LogP contribution in [-0.4, -0.2) is 51.3 Å². The predicted molar refractivity (Wildman–Crippen MR) is 104 cm³/mol. The summed E-state index contributed by atoms with van der Waals surface area (Å²) in [6.07, 6.45) is -4.89. The molecule has 0 bridgehead atoms. The zero-order chi connectivity index (χ0) is 22.6. The van der Waals surface area contributed by atoms with Crippen molar-refractivity contribution in [2.45, 2.75) is 18.2 Å². The number of hydrogen-bond donors (Lipinski definition) is 1. The van der Waals surface area contributed by atoms with Gasteiger partial charge in [0, 0.05) is 18.3 Å². The Kier molecular flexibility index (Phi) is 6.60. The van der Waals surface area contributed by atoms with Crippen molar-refractivity contribution in [1.29, 1.82) is 0 Å². The molecule has 0 aromatic heterocycles. The summed E-state index contributed by atoms with van der Waals surface area (Å²) in [5, 5.41) is 2.59. The van der Waals surface area contributed by atoms with Gasteiger partial charge < -0.3 is 19.5 Å². The Bertz CT molecular complexity index is 1040. The second-order valence-electron chi connectivity index (χ2n) is 6.36. The molecule has 0 saturated carbocycles. The zero-order valence-corrected chi connectivity index (χ0v) is 17.1. The summed E-state index contributed by atoms with van der Waals surface area (Å²) in [6.45, 7) is 1.81. The van der Waals surface area contributed by atoms with Crippen LogP contribution in [0.2, 0.25) is 0 Å². The molecule has 31 heavy (non-hydrogen) atoms. The van der Waals surface area contributed by atoms with E-state index >= 15 is 0 Å². The molecule has 0 saturated heterocycles. The molecule has 1 N–H and O–H groups in total. The standard InChI is InChI=1S/C19H19F3N2O6S/c1-2-24(31(26,27)15-6-4-14(5-7-15)30-19(20,21)22)12-18(25)23-13-3-8-16-17(11-13)29-10-9-28-16/h3-8,11H,2,9-10,12H2,1H3,(H,23,25). The number of halogens is 3. The number of fused-ring (bicyclic) bond motifs is 1. The number of likely N-dealkylation sites (N-methyl/N-ethyl adjacent to an activating group) is 1. The molecule has 1 aliphatic heterocycles. The second-order valence-corrected chi connectivity index (χ2v) is 8.29. The fraction of sp³-hybridized carbons (Fsp3) is 0.316. The molecule has 0 fully saturated rings. The zero-order valence-electron chi connectivity index (χ0n) is 16.3. The van der Waals surface area contributed by atoms with E-state index in [1.165, 1.54) is 6.92 Å². The summed E-state index contributed by atoms with van der Waals surface area (Å²) in [5.74, 6) is -0.143. The number of hydrogen-bond acceptors (Lipinski definition) is 6. The lowest BCUT2D eigenvalue weighted by Crippen LogP contribution is -2.37. The van der Waals surface area contributed by atoms with Crippen molar-refractivity contribution in [3.8, 4) is 17.2 Å². The van der Waals surface area contributed by atoms with Crippen LogP contribution in [-0.2, 0) is 14.8 Å². The second kappa shape index (κ2) is 9.02. The van der Waals surface area contributed by atoms with E-state index in [1.54, 1.807) is 18.2 Å². The maximum absolute atomic E-state index is 12.8. The Morgan fingerprint density at radius 2 is 1.74 bits per heavy atom. The molecule has 0 spiro atoms. The van der Waals surface area contributed by atoms with Crippen LogP contribution in [0.3, 0.4) is 0 Å². The highest BCUT2D eigenvalue weighted by molar-refractivity contribution is 7.89. The SMILES string of the molecule is CCN(CC(=O)Nc1ccc2c(c1)OCCO2)S(=O)(=O)c1ccc(OC(F)(F)F)cc1. The van der Waals surface area contributed by atoms with Crippen molar-refractivity contribution >= 4 is 21.6 Å². The highest BCUT2D eigenvalue weighted by Gasteiger charge is 2.31. The van der Waals surface area contributed by atoms with E-state index < -0.39 is 34.6 Å². The van der Waals surface area contributed by atoms with Crippen molar-refractivity contribution in [2.75, 3.05) is 31.6 Å². The monoisotopic (exact) mass is 460 g/mol. The van der Waals surface area contributed by atoms with Crippen molar-refractivity contribution < 1.29 is 40.6 Å². The molecule has 8 nitrogen and oxygen atoms in total. The van der Waals surface area contributed by atoms with Gasteiger partial charge in [-0.25, -0.2) is 8.42 Å². The molecule has 2 aromatic rings. The van der Waals surface area contributed by atoms with Crippen molar-refractivity contribution in [3.63, 3.8) is 0 Å². The van der Waals surface area contributed by atoms with Crippen LogP contribution >= 0.6 is 0 Å². The van der Waals surface area contributed by atoms with Gasteiger partial charge in [0.25, 0.3) is 0 Å². The summed E-state index contributed by atoms with van der Waals surface area (Å²) in [4.78, 5) is 12.1. The molecule has 0 atom stereocenters. The Morgan fingerprint density at radius 3 is 2.35 bits per heavy atom. The lowest BCUT2D eigenvalue weighted by molar-refractivity contribution is -0.274. The summed E-state index contributed by atoms with van der Waals surface area (Å²) in [5.41, 5.74) is 0.399. The van der Waals surface area contributed by atoms with Gasteiger partial charge in [0.1, 0.15) is 19.0 Å². The molecule has 1 aliphatic rings. The van der Waals surface area contributed by atoms with E-state index in [4.69, 9.17) is 9.47 Å². The van der Waals surface area contributed by atoms with E-state index in [2.05, 4.69) is 10.1 Å². The lowest BCUT2D eigenvalue weighted by atomic mass is 10.2. The minimum atomic E-state index is -4.89. The minimum Gasteiger partial charge on any atom is -0.486 e. The van der Waals surface area contributed by atoms with Crippen molar-refractivity contribution in [2.24, 2.45) is 0 Å². The summed E-state index contributed by atoms with van der Waals surface area (Å²) < 4.78 is 77.8. The van der Waals surface area contributed by atoms with E-state index in [1.807, 2.05) is 0 Å². The average molecular weight is 460 g/mol. The van der Waals surface area contributed by atoms with Gasteiger partial charge in [-0.1, -0.05) is 6.92 Å². The molecule has 2 aromatic carbocycles. The van der Waals surface area contributed by atoms with Crippen LogP contribution in [0.1, 0.15) is 6.92 Å². The van der Waals surface area contributed by atoms with Crippen LogP contribution in [0.4, 0.5) is 18.9 Å². The van der Waals surface area contributed by atoms with Gasteiger partial charge in [0.2, 0.25) is 15.9 Å². The van der Waals surface area contributed by atoms with E-state index in [-0.39, 0.29) is 11.4 Å². The first-order valence-electron chi connectivity index (χ1n) is 9.14. The van der Waals surface area contributed by atoms with Gasteiger partial charge in [-0.2, -0.15) is 4.31 Å². The van der Waals surface area contributed by atoms with Gasteiger partial charge in [-0.15, -0.1) is 13.2 Å². The molecule has 168 valence electrons. The quantitative estimate of drug-likeness (QED) is 0.683. The van der Waals surface area contributed by atoms with Gasteiger partial charge in [0.15, 0.2) is 11.5 Å². The summed E-state index contributed by atoms with van der Waals surface area (Å²) in [7, 11) is -4.12.